The second kappa shape index (κ2) is 7.05. The van der Waals surface area contributed by atoms with E-state index in [-0.39, 0.29) is 6.54 Å². The van der Waals surface area contributed by atoms with Crippen LogP contribution in [-0.2, 0) is 0 Å². The third kappa shape index (κ3) is 3.60. The number of alkyl halides is 1. The molecule has 126 valence electrons. The molecule has 0 unspecified atom stereocenters. The molecule has 0 bridgehead atoms. The number of rotatable bonds is 6. The van der Waals surface area contributed by atoms with Gasteiger partial charge in [-0.25, -0.2) is 4.39 Å². The number of furan rings is 1. The Morgan fingerprint density at radius 3 is 2.54 bits per heavy atom. The molecule has 2 atom stereocenters. The van der Waals surface area contributed by atoms with E-state index < -0.39 is 12.3 Å². The van der Waals surface area contributed by atoms with E-state index in [0.29, 0.717) is 11.3 Å². The summed E-state index contributed by atoms with van der Waals surface area (Å²) in [5.41, 5.74) is 1.47. The van der Waals surface area contributed by atoms with E-state index in [1.165, 1.54) is 0 Å². The van der Waals surface area contributed by atoms with Gasteiger partial charge >= 0.3 is 0 Å². The van der Waals surface area contributed by atoms with Crippen LogP contribution in [0.25, 0.3) is 11.0 Å². The maximum Gasteiger partial charge on any atom is 0.176 e. The number of nitrogens with zero attached hydrogens (tertiary/aromatic N) is 1. The van der Waals surface area contributed by atoms with Gasteiger partial charge < -0.3 is 14.1 Å². The van der Waals surface area contributed by atoms with E-state index in [9.17, 15) is 4.39 Å². The zero-order chi connectivity index (χ0) is 17.1. The van der Waals surface area contributed by atoms with Crippen LogP contribution in [0, 0.1) is 6.92 Å². The van der Waals surface area contributed by atoms with Crippen molar-refractivity contribution in [1.82, 2.24) is 4.90 Å². The first-order valence-electron chi connectivity index (χ1n) is 8.04. The van der Waals surface area contributed by atoms with Crippen LogP contribution in [-0.4, -0.2) is 31.7 Å². The molecular formula is C20H22FNO2. The molecule has 24 heavy (non-hydrogen) atoms. The van der Waals surface area contributed by atoms with Crippen LogP contribution in [0.3, 0.4) is 0 Å². The third-order valence-electron chi connectivity index (χ3n) is 3.88. The topological polar surface area (TPSA) is 25.6 Å². The van der Waals surface area contributed by atoms with Crippen molar-refractivity contribution in [2.75, 3.05) is 20.6 Å². The van der Waals surface area contributed by atoms with Gasteiger partial charge in [-0.2, -0.15) is 0 Å². The van der Waals surface area contributed by atoms with Gasteiger partial charge in [0.05, 0.1) is 0 Å². The van der Waals surface area contributed by atoms with E-state index in [1.54, 1.807) is 0 Å². The summed E-state index contributed by atoms with van der Waals surface area (Å²) in [6.45, 7) is 2.18. The highest BCUT2D eigenvalue weighted by Crippen LogP contribution is 2.33. The SMILES string of the molecule is Cc1cc2cccc(O[C@@H](c3ccccc3)[C@@H](F)CN(C)C)c2o1. The number of benzene rings is 2. The average molecular weight is 327 g/mol. The molecule has 1 aromatic heterocycles. The first-order valence-corrected chi connectivity index (χ1v) is 8.04. The van der Waals surface area contributed by atoms with Crippen molar-refractivity contribution in [3.05, 3.63) is 65.9 Å². The fourth-order valence-electron chi connectivity index (χ4n) is 2.83. The molecule has 3 nitrogen and oxygen atoms in total. The Morgan fingerprint density at radius 2 is 1.83 bits per heavy atom. The second-order valence-electron chi connectivity index (χ2n) is 6.26. The van der Waals surface area contributed by atoms with E-state index >= 15 is 0 Å². The molecule has 0 fully saturated rings. The summed E-state index contributed by atoms with van der Waals surface area (Å²) in [7, 11) is 3.70. The van der Waals surface area contributed by atoms with E-state index in [4.69, 9.17) is 9.15 Å². The first-order chi connectivity index (χ1) is 11.5. The zero-order valence-electron chi connectivity index (χ0n) is 14.2. The number of fused-ring (bicyclic) bond motifs is 1. The van der Waals surface area contributed by atoms with Gasteiger partial charge in [-0.05, 0) is 38.7 Å². The molecule has 0 saturated carbocycles. The average Bonchev–Trinajstić information content (AvgIpc) is 2.93. The molecule has 0 N–H and O–H groups in total. The van der Waals surface area contributed by atoms with Crippen LogP contribution in [0.15, 0.2) is 59.0 Å². The van der Waals surface area contributed by atoms with Crippen molar-refractivity contribution in [3.63, 3.8) is 0 Å². The molecule has 0 saturated heterocycles. The quantitative estimate of drug-likeness (QED) is 0.653. The summed E-state index contributed by atoms with van der Waals surface area (Å²) in [5, 5.41) is 0.958. The summed E-state index contributed by atoms with van der Waals surface area (Å²) in [4.78, 5) is 1.82. The number of aryl methyl sites for hydroxylation is 1. The Bertz CT molecular complexity index is 798. The zero-order valence-corrected chi connectivity index (χ0v) is 14.2. The van der Waals surface area contributed by atoms with Gasteiger partial charge in [0, 0.05) is 11.9 Å². The highest BCUT2D eigenvalue weighted by molar-refractivity contribution is 5.83. The summed E-state index contributed by atoms with van der Waals surface area (Å²) < 4.78 is 26.7. The lowest BCUT2D eigenvalue weighted by atomic mass is 10.0. The van der Waals surface area contributed by atoms with Crippen molar-refractivity contribution in [3.8, 4) is 5.75 Å². The Labute approximate surface area is 141 Å². The predicted molar refractivity (Wildman–Crippen MR) is 94.2 cm³/mol. The minimum atomic E-state index is -1.16. The van der Waals surface area contributed by atoms with Crippen LogP contribution >= 0.6 is 0 Å². The minimum absolute atomic E-state index is 0.284. The lowest BCUT2D eigenvalue weighted by Gasteiger charge is -2.25. The minimum Gasteiger partial charge on any atom is -0.479 e. The maximum atomic E-state index is 14.9. The first kappa shape index (κ1) is 16.5. The molecule has 1 heterocycles. The molecular weight excluding hydrogens is 305 g/mol. The van der Waals surface area contributed by atoms with E-state index in [0.717, 1.165) is 16.7 Å². The van der Waals surface area contributed by atoms with Crippen molar-refractivity contribution in [2.24, 2.45) is 0 Å². The highest BCUT2D eigenvalue weighted by Gasteiger charge is 2.26. The van der Waals surface area contributed by atoms with Crippen molar-refractivity contribution < 1.29 is 13.5 Å². The fraction of sp³-hybridized carbons (Fsp3) is 0.300. The second-order valence-corrected chi connectivity index (χ2v) is 6.26. The van der Waals surface area contributed by atoms with Gasteiger partial charge in [0.15, 0.2) is 23.6 Å². The maximum absolute atomic E-state index is 14.9. The molecule has 0 spiro atoms. The Hall–Kier alpha value is -2.33. The molecule has 0 radical (unpaired) electrons. The van der Waals surface area contributed by atoms with Gasteiger partial charge in [-0.3, -0.25) is 0 Å². The van der Waals surface area contributed by atoms with Gasteiger partial charge in [0.1, 0.15) is 5.76 Å². The smallest absolute Gasteiger partial charge is 0.176 e. The van der Waals surface area contributed by atoms with Gasteiger partial charge in [-0.15, -0.1) is 0 Å². The van der Waals surface area contributed by atoms with Crippen LogP contribution < -0.4 is 4.74 Å². The molecule has 3 aromatic rings. The molecule has 2 aromatic carbocycles. The molecule has 4 heteroatoms. The van der Waals surface area contributed by atoms with Crippen molar-refractivity contribution >= 4 is 11.0 Å². The van der Waals surface area contributed by atoms with Gasteiger partial charge in [-0.1, -0.05) is 42.5 Å². The molecule has 0 aliphatic rings. The van der Waals surface area contributed by atoms with Gasteiger partial charge in [0.2, 0.25) is 0 Å². The number of halogens is 1. The van der Waals surface area contributed by atoms with E-state index in [1.807, 2.05) is 80.5 Å². The standard InChI is InChI=1S/C20H22FNO2/c1-14-12-16-10-7-11-18(20(16)23-14)24-19(17(21)13-22(2)3)15-8-5-4-6-9-15/h4-12,17,19H,13H2,1-3H3/t17-,19-/m0/s1. The third-order valence-corrected chi connectivity index (χ3v) is 3.88. The molecule has 0 aliphatic carbocycles. The summed E-state index contributed by atoms with van der Waals surface area (Å²) >= 11 is 0. The predicted octanol–water partition coefficient (Wildman–Crippen LogP) is 4.76. The number of para-hydroxylation sites is 1. The Balaban J connectivity index is 1.96. The number of ether oxygens (including phenoxy) is 1. The largest absolute Gasteiger partial charge is 0.479 e. The fourth-order valence-corrected chi connectivity index (χ4v) is 2.83. The summed E-state index contributed by atoms with van der Waals surface area (Å²) in [6.07, 6.45) is -1.85. The normalized spacial score (nSPS) is 14.0. The molecule has 3 rings (SSSR count). The lowest BCUT2D eigenvalue weighted by molar-refractivity contribution is 0.0810. The lowest BCUT2D eigenvalue weighted by Crippen LogP contribution is -2.30. The summed E-state index contributed by atoms with van der Waals surface area (Å²) in [6, 6.07) is 17.1. The number of hydrogen-bond donors (Lipinski definition) is 0. The van der Waals surface area contributed by atoms with Crippen LogP contribution in [0.1, 0.15) is 17.4 Å². The summed E-state index contributed by atoms with van der Waals surface area (Å²) in [5.74, 6) is 1.37. The van der Waals surface area contributed by atoms with Crippen molar-refractivity contribution in [2.45, 2.75) is 19.2 Å². The van der Waals surface area contributed by atoms with Crippen LogP contribution in [0.4, 0.5) is 4.39 Å². The van der Waals surface area contributed by atoms with Crippen molar-refractivity contribution in [1.29, 1.82) is 0 Å². The number of hydrogen-bond acceptors (Lipinski definition) is 3. The van der Waals surface area contributed by atoms with Gasteiger partial charge in [0.25, 0.3) is 0 Å². The van der Waals surface area contributed by atoms with Crippen LogP contribution in [0.5, 0.6) is 5.75 Å². The molecule has 0 aliphatic heterocycles. The monoisotopic (exact) mass is 327 g/mol. The van der Waals surface area contributed by atoms with Crippen LogP contribution in [0.2, 0.25) is 0 Å². The highest BCUT2D eigenvalue weighted by atomic mass is 19.1. The molecule has 0 amide bonds. The Morgan fingerprint density at radius 1 is 1.08 bits per heavy atom. The van der Waals surface area contributed by atoms with E-state index in [2.05, 4.69) is 0 Å². The Kier molecular flexibility index (Phi) is 4.86.